The van der Waals surface area contributed by atoms with Gasteiger partial charge in [-0.2, -0.15) is 0 Å². The average molecular weight is 1260 g/mol. The normalized spacial score (nSPS) is 16.8. The molecule has 0 bridgehead atoms. The number of ether oxygens (including phenoxy) is 8. The van der Waals surface area contributed by atoms with Crippen LogP contribution in [0.15, 0.2) is 24.3 Å². The molecule has 1 aliphatic heterocycles. The van der Waals surface area contributed by atoms with Crippen molar-refractivity contribution < 1.29 is 66.7 Å². The van der Waals surface area contributed by atoms with Crippen LogP contribution in [0.5, 0.6) is 0 Å². The fraction of sp³-hybridized carbons (Fsp3) is 0.863. The second-order valence-electron chi connectivity index (χ2n) is 24.9. The summed E-state index contributed by atoms with van der Waals surface area (Å²) in [6.07, 6.45) is 46.4. The maximum absolute atomic E-state index is 12.4. The van der Waals surface area contributed by atoms with Crippen molar-refractivity contribution >= 4 is 35.8 Å². The Morgan fingerprint density at radius 3 is 1.12 bits per heavy atom. The Labute approximate surface area is 542 Å². The van der Waals surface area contributed by atoms with Gasteiger partial charge in [-0.15, -0.1) is 0 Å². The maximum atomic E-state index is 12.4. The van der Waals surface area contributed by atoms with E-state index >= 15 is 0 Å². The van der Waals surface area contributed by atoms with Crippen molar-refractivity contribution in [2.45, 2.75) is 342 Å². The molecule has 16 nitrogen and oxygen atoms in total. The highest BCUT2D eigenvalue weighted by molar-refractivity contribution is 5.70. The fourth-order valence-electron chi connectivity index (χ4n) is 11.4. The number of unbranched alkanes of at least 4 members (excludes halogenated alkanes) is 29. The predicted molar refractivity (Wildman–Crippen MR) is 357 cm³/mol. The summed E-state index contributed by atoms with van der Waals surface area (Å²) in [7, 11) is 0. The molecular formula is C73H132N2O14. The predicted octanol–water partition coefficient (Wildman–Crippen LogP) is 16.9. The van der Waals surface area contributed by atoms with Gasteiger partial charge in [0.05, 0.1) is 13.2 Å². The van der Waals surface area contributed by atoms with Crippen LogP contribution in [0.2, 0.25) is 0 Å². The topological polar surface area (TPSA) is 183 Å². The molecule has 1 fully saturated rings. The number of esters is 6. The molecule has 1 aliphatic rings. The van der Waals surface area contributed by atoms with E-state index in [2.05, 4.69) is 42.7 Å². The van der Waals surface area contributed by atoms with E-state index in [4.69, 9.17) is 37.9 Å². The minimum Gasteiger partial charge on any atom is -0.466 e. The second kappa shape index (κ2) is 60.4. The molecule has 0 aliphatic carbocycles. The SMILES string of the molecule is CCCCCC/C=C\COC(=O)CCCCCCCCN(CCCCCCCCC(=O)OC/C=C\CCCCCC)CCCN(CCCCCCCCC(=O)OCCCCCCCCC)CCCOC1OC(CC)C(OC(C)=O)C(OC(C)=O)C1OC(C)=O. The van der Waals surface area contributed by atoms with Crippen molar-refractivity contribution in [1.29, 1.82) is 0 Å². The number of rotatable bonds is 62. The molecule has 0 aromatic carbocycles. The van der Waals surface area contributed by atoms with Crippen molar-refractivity contribution in [3.05, 3.63) is 24.3 Å². The van der Waals surface area contributed by atoms with Crippen LogP contribution in [0, 0.1) is 0 Å². The van der Waals surface area contributed by atoms with Crippen molar-refractivity contribution in [2.75, 3.05) is 65.7 Å². The molecule has 1 rings (SSSR count). The van der Waals surface area contributed by atoms with Gasteiger partial charge in [-0.05, 0) is 123 Å². The Morgan fingerprint density at radius 1 is 0.348 bits per heavy atom. The Hall–Kier alpha value is -3.86. The minimum absolute atomic E-state index is 0.0733. The molecule has 1 saturated heterocycles. The lowest BCUT2D eigenvalue weighted by Crippen LogP contribution is -2.61. The van der Waals surface area contributed by atoms with Crippen LogP contribution in [-0.2, 0) is 66.7 Å². The molecule has 518 valence electrons. The Bertz CT molecular complexity index is 1740. The molecular weight excluding hydrogens is 1130 g/mol. The van der Waals surface area contributed by atoms with Gasteiger partial charge in [0.25, 0.3) is 0 Å². The number of carbonyl (C=O) groups excluding carboxylic acids is 6. The van der Waals surface area contributed by atoms with Gasteiger partial charge in [0.2, 0.25) is 0 Å². The molecule has 0 amide bonds. The third-order valence-corrected chi connectivity index (χ3v) is 16.5. The summed E-state index contributed by atoms with van der Waals surface area (Å²) in [5, 5.41) is 0. The molecule has 0 N–H and O–H groups in total. The highest BCUT2D eigenvalue weighted by Crippen LogP contribution is 2.31. The molecule has 89 heavy (non-hydrogen) atoms. The lowest BCUT2D eigenvalue weighted by atomic mass is 9.96. The van der Waals surface area contributed by atoms with E-state index in [-0.39, 0.29) is 17.9 Å². The smallest absolute Gasteiger partial charge is 0.306 e. The zero-order valence-corrected chi connectivity index (χ0v) is 57.9. The monoisotopic (exact) mass is 1260 g/mol. The van der Waals surface area contributed by atoms with Gasteiger partial charge in [-0.1, -0.05) is 206 Å². The van der Waals surface area contributed by atoms with E-state index < -0.39 is 48.6 Å². The quantitative estimate of drug-likeness (QED) is 0.0242. The third-order valence-electron chi connectivity index (χ3n) is 16.5. The van der Waals surface area contributed by atoms with Gasteiger partial charge in [-0.25, -0.2) is 0 Å². The highest BCUT2D eigenvalue weighted by Gasteiger charge is 2.51. The van der Waals surface area contributed by atoms with Crippen LogP contribution >= 0.6 is 0 Å². The average Bonchev–Trinajstić information content (AvgIpc) is 3.70. The molecule has 0 saturated carbocycles. The first kappa shape index (κ1) is 83.2. The molecule has 16 heteroatoms. The third kappa shape index (κ3) is 50.4. The summed E-state index contributed by atoms with van der Waals surface area (Å²) in [6, 6.07) is 0. The highest BCUT2D eigenvalue weighted by atomic mass is 16.7. The lowest BCUT2D eigenvalue weighted by Gasteiger charge is -2.44. The largest absolute Gasteiger partial charge is 0.466 e. The van der Waals surface area contributed by atoms with Crippen molar-refractivity contribution in [3.8, 4) is 0 Å². The summed E-state index contributed by atoms with van der Waals surface area (Å²) in [5.41, 5.74) is 0. The van der Waals surface area contributed by atoms with Crippen molar-refractivity contribution in [2.24, 2.45) is 0 Å². The van der Waals surface area contributed by atoms with E-state index in [1.165, 1.54) is 104 Å². The minimum atomic E-state index is -1.14. The van der Waals surface area contributed by atoms with Gasteiger partial charge in [0.15, 0.2) is 24.6 Å². The zero-order chi connectivity index (χ0) is 65.1. The van der Waals surface area contributed by atoms with Gasteiger partial charge in [-0.3, -0.25) is 28.8 Å². The first-order valence-corrected chi connectivity index (χ1v) is 36.3. The van der Waals surface area contributed by atoms with Crippen LogP contribution in [-0.4, -0.2) is 142 Å². The summed E-state index contributed by atoms with van der Waals surface area (Å²) < 4.78 is 46.0. The number of hydrogen-bond donors (Lipinski definition) is 0. The van der Waals surface area contributed by atoms with E-state index in [0.717, 1.165) is 187 Å². The van der Waals surface area contributed by atoms with Gasteiger partial charge in [0.1, 0.15) is 19.3 Å². The number of allylic oxidation sites excluding steroid dienone is 2. The number of hydrogen-bond acceptors (Lipinski definition) is 16. The van der Waals surface area contributed by atoms with E-state index in [0.29, 0.717) is 58.5 Å². The lowest BCUT2D eigenvalue weighted by molar-refractivity contribution is -0.304. The van der Waals surface area contributed by atoms with Crippen LogP contribution in [0.3, 0.4) is 0 Å². The summed E-state index contributed by atoms with van der Waals surface area (Å²) >= 11 is 0. The molecule has 0 spiro atoms. The van der Waals surface area contributed by atoms with Crippen molar-refractivity contribution in [1.82, 2.24) is 9.80 Å². The van der Waals surface area contributed by atoms with Crippen LogP contribution in [0.1, 0.15) is 312 Å². The van der Waals surface area contributed by atoms with Crippen LogP contribution in [0.4, 0.5) is 0 Å². The van der Waals surface area contributed by atoms with E-state index in [1.807, 2.05) is 19.1 Å². The Kier molecular flexibility index (Phi) is 56.4. The standard InChI is InChI=1S/C73H132N2O14/c1-8-12-15-18-27-36-45-59-82-67(79)50-39-30-21-24-33-42-53-74(54-43-34-25-22-31-40-51-68(80)83-60-46-37-28-19-16-13-9-2)56-48-57-75(55-44-35-26-23-32-41-52-69(81)84-61-47-38-29-20-17-14-10-3)58-49-62-85-73-72(88-65(7)78)71(87-64(6)77)70(86-63(5)76)66(11-4)89-73/h36-37,45-46,66,70-73H,8-35,38-44,47-62H2,1-7H3/b45-36-,46-37-. The second-order valence-corrected chi connectivity index (χ2v) is 24.9. The van der Waals surface area contributed by atoms with E-state index in [9.17, 15) is 28.8 Å². The van der Waals surface area contributed by atoms with Gasteiger partial charge < -0.3 is 47.7 Å². The zero-order valence-electron chi connectivity index (χ0n) is 57.9. The first-order valence-electron chi connectivity index (χ1n) is 36.3. The first-order chi connectivity index (χ1) is 43.3. The fourth-order valence-corrected chi connectivity index (χ4v) is 11.4. The molecule has 0 aromatic rings. The molecule has 0 radical (unpaired) electrons. The molecule has 5 unspecified atom stereocenters. The number of nitrogens with zero attached hydrogens (tertiary/aromatic N) is 2. The summed E-state index contributed by atoms with van der Waals surface area (Å²) in [5.74, 6) is -2.06. The molecule has 0 aromatic heterocycles. The Morgan fingerprint density at radius 2 is 0.697 bits per heavy atom. The van der Waals surface area contributed by atoms with Gasteiger partial charge >= 0.3 is 35.8 Å². The summed E-state index contributed by atoms with van der Waals surface area (Å²) in [4.78, 5) is 79.2. The molecule has 5 atom stereocenters. The van der Waals surface area contributed by atoms with Crippen molar-refractivity contribution in [3.63, 3.8) is 0 Å². The van der Waals surface area contributed by atoms with E-state index in [1.54, 1.807) is 0 Å². The van der Waals surface area contributed by atoms with Crippen LogP contribution in [0.25, 0.3) is 0 Å². The number of carbonyl (C=O) groups is 6. The van der Waals surface area contributed by atoms with Crippen LogP contribution < -0.4 is 0 Å². The maximum Gasteiger partial charge on any atom is 0.306 e. The summed E-state index contributed by atoms with van der Waals surface area (Å²) in [6.45, 7) is 19.7. The Balaban J connectivity index is 2.92. The molecule has 1 heterocycles. The van der Waals surface area contributed by atoms with Gasteiger partial charge in [0, 0.05) is 46.6 Å².